The normalized spacial score (nSPS) is 13.8. The summed E-state index contributed by atoms with van der Waals surface area (Å²) in [4.78, 5) is 20.5. The Bertz CT molecular complexity index is 1050. The minimum Gasteiger partial charge on any atom is -0.491 e. The summed E-state index contributed by atoms with van der Waals surface area (Å²) < 4.78 is 10.6. The third-order valence-corrected chi connectivity index (χ3v) is 5.30. The molecule has 0 spiro atoms. The number of nitrogens with one attached hydrogen (secondary N) is 2. The van der Waals surface area contributed by atoms with Crippen LogP contribution in [0.3, 0.4) is 0 Å². The molecule has 0 saturated heterocycles. The van der Waals surface area contributed by atoms with Crippen molar-refractivity contribution in [2.24, 2.45) is 0 Å². The van der Waals surface area contributed by atoms with Gasteiger partial charge < -0.3 is 30.3 Å². The molecule has 1 aromatic heterocycles. The molecule has 0 aliphatic rings. The zero-order valence-corrected chi connectivity index (χ0v) is 19.5. The molecular weight excluding hydrogens is 436 g/mol. The van der Waals surface area contributed by atoms with Crippen LogP contribution in [-0.2, 0) is 9.53 Å². The number of fused-ring (bicyclic) bond motifs is 1. The fraction of sp³-hybridized carbons (Fsp3) is 0.400. The van der Waals surface area contributed by atoms with Crippen LogP contribution in [0.25, 0.3) is 10.9 Å². The summed E-state index contributed by atoms with van der Waals surface area (Å²) in [6, 6.07) is 15.5. The zero-order chi connectivity index (χ0) is 24.3. The highest BCUT2D eigenvalue weighted by Crippen LogP contribution is 2.27. The molecule has 34 heavy (non-hydrogen) atoms. The van der Waals surface area contributed by atoms with Crippen molar-refractivity contribution in [3.05, 3.63) is 60.4 Å². The largest absolute Gasteiger partial charge is 0.491 e. The van der Waals surface area contributed by atoms with E-state index in [1.54, 1.807) is 13.2 Å². The number of aliphatic hydroxyl groups is 2. The predicted octanol–water partition coefficient (Wildman–Crippen LogP) is 2.45. The number of rotatable bonds is 13. The summed E-state index contributed by atoms with van der Waals surface area (Å²) in [5, 5.41) is 27.2. The number of hydrogen-bond acceptors (Lipinski definition) is 8. The molecule has 182 valence electrons. The highest BCUT2D eigenvalue weighted by atomic mass is 16.5. The number of aromatic nitrogens is 2. The second-order valence-electron chi connectivity index (χ2n) is 8.08. The van der Waals surface area contributed by atoms with E-state index in [9.17, 15) is 15.0 Å². The fourth-order valence-corrected chi connectivity index (χ4v) is 3.51. The molecular formula is C25H32N4O5. The maximum Gasteiger partial charge on any atom is 0.222 e. The van der Waals surface area contributed by atoms with Crippen molar-refractivity contribution in [2.75, 3.05) is 32.2 Å². The van der Waals surface area contributed by atoms with Gasteiger partial charge in [0, 0.05) is 31.5 Å². The number of methoxy groups -OCH3 is 1. The Kier molecular flexibility index (Phi) is 9.57. The number of amides is 1. The average molecular weight is 469 g/mol. The van der Waals surface area contributed by atoms with Crippen LogP contribution in [0.4, 0.5) is 5.82 Å². The summed E-state index contributed by atoms with van der Waals surface area (Å²) in [6.07, 6.45) is -0.459. The van der Waals surface area contributed by atoms with Crippen molar-refractivity contribution >= 4 is 22.6 Å². The number of anilines is 1. The Morgan fingerprint density at radius 3 is 2.65 bits per heavy atom. The van der Waals surface area contributed by atoms with Crippen molar-refractivity contribution in [2.45, 2.75) is 38.0 Å². The van der Waals surface area contributed by atoms with E-state index >= 15 is 0 Å². The van der Waals surface area contributed by atoms with Crippen LogP contribution in [0.1, 0.15) is 31.4 Å². The molecule has 0 saturated carbocycles. The second kappa shape index (κ2) is 12.8. The third-order valence-electron chi connectivity index (χ3n) is 5.30. The highest BCUT2D eigenvalue weighted by molar-refractivity contribution is 5.90. The van der Waals surface area contributed by atoms with Gasteiger partial charge >= 0.3 is 0 Å². The first kappa shape index (κ1) is 25.4. The summed E-state index contributed by atoms with van der Waals surface area (Å²) >= 11 is 0. The summed E-state index contributed by atoms with van der Waals surface area (Å²) in [7, 11) is 1.54. The van der Waals surface area contributed by atoms with Gasteiger partial charge in [-0.1, -0.05) is 30.3 Å². The molecule has 1 amide bonds. The zero-order valence-electron chi connectivity index (χ0n) is 19.5. The van der Waals surface area contributed by atoms with Crippen LogP contribution in [0.5, 0.6) is 5.75 Å². The van der Waals surface area contributed by atoms with Crippen molar-refractivity contribution in [3.63, 3.8) is 0 Å². The van der Waals surface area contributed by atoms with Gasteiger partial charge in [0.15, 0.2) is 0 Å². The Labute approximate surface area is 199 Å². The van der Waals surface area contributed by atoms with Gasteiger partial charge in [-0.05, 0) is 30.7 Å². The van der Waals surface area contributed by atoms with Crippen LogP contribution in [0, 0.1) is 0 Å². The molecule has 0 aliphatic heterocycles. The minimum atomic E-state index is -0.971. The molecule has 3 atom stereocenters. The SMILES string of the molecule is COCCNC(=O)CC(O)CC(O)COc1ccc2ncnc(NC(C)c3ccccc3)c2c1. The van der Waals surface area contributed by atoms with Crippen molar-refractivity contribution < 1.29 is 24.5 Å². The monoisotopic (exact) mass is 468 g/mol. The summed E-state index contributed by atoms with van der Waals surface area (Å²) in [6.45, 7) is 2.81. The maximum atomic E-state index is 11.8. The lowest BCUT2D eigenvalue weighted by atomic mass is 10.1. The Balaban J connectivity index is 1.57. The van der Waals surface area contributed by atoms with E-state index in [1.807, 2.05) is 30.3 Å². The fourth-order valence-electron chi connectivity index (χ4n) is 3.51. The van der Waals surface area contributed by atoms with E-state index in [0.29, 0.717) is 24.7 Å². The van der Waals surface area contributed by atoms with Gasteiger partial charge in [0.1, 0.15) is 24.5 Å². The van der Waals surface area contributed by atoms with E-state index < -0.39 is 12.2 Å². The lowest BCUT2D eigenvalue weighted by Gasteiger charge is -2.18. The molecule has 2 aromatic carbocycles. The van der Waals surface area contributed by atoms with Gasteiger partial charge in [-0.2, -0.15) is 0 Å². The van der Waals surface area contributed by atoms with E-state index in [0.717, 1.165) is 16.5 Å². The molecule has 4 N–H and O–H groups in total. The Morgan fingerprint density at radius 1 is 1.09 bits per heavy atom. The minimum absolute atomic E-state index is 0.0231. The van der Waals surface area contributed by atoms with Crippen LogP contribution in [-0.4, -0.2) is 65.2 Å². The van der Waals surface area contributed by atoms with E-state index in [-0.39, 0.29) is 31.4 Å². The molecule has 0 aliphatic carbocycles. The Hall–Kier alpha value is -3.27. The van der Waals surface area contributed by atoms with E-state index in [1.165, 1.54) is 6.33 Å². The number of nitrogens with zero attached hydrogens (tertiary/aromatic N) is 2. The average Bonchev–Trinajstić information content (AvgIpc) is 2.83. The number of aliphatic hydroxyl groups excluding tert-OH is 2. The third kappa shape index (κ3) is 7.65. The lowest BCUT2D eigenvalue weighted by Crippen LogP contribution is -2.32. The van der Waals surface area contributed by atoms with Crippen molar-refractivity contribution in [3.8, 4) is 5.75 Å². The van der Waals surface area contributed by atoms with Crippen LogP contribution in [0.15, 0.2) is 54.9 Å². The van der Waals surface area contributed by atoms with Crippen LogP contribution in [0.2, 0.25) is 0 Å². The lowest BCUT2D eigenvalue weighted by molar-refractivity contribution is -0.123. The van der Waals surface area contributed by atoms with Gasteiger partial charge in [0.05, 0.1) is 30.8 Å². The molecule has 3 rings (SSSR count). The van der Waals surface area contributed by atoms with E-state index in [4.69, 9.17) is 9.47 Å². The van der Waals surface area contributed by atoms with Crippen molar-refractivity contribution in [1.82, 2.24) is 15.3 Å². The highest BCUT2D eigenvalue weighted by Gasteiger charge is 2.17. The van der Waals surface area contributed by atoms with Gasteiger partial charge in [-0.3, -0.25) is 4.79 Å². The van der Waals surface area contributed by atoms with Gasteiger partial charge in [-0.15, -0.1) is 0 Å². The molecule has 3 unspecified atom stereocenters. The number of carbonyl (C=O) groups is 1. The van der Waals surface area contributed by atoms with Gasteiger partial charge in [0.25, 0.3) is 0 Å². The Morgan fingerprint density at radius 2 is 1.88 bits per heavy atom. The quantitative estimate of drug-likeness (QED) is 0.282. The van der Waals surface area contributed by atoms with Crippen molar-refractivity contribution in [1.29, 1.82) is 0 Å². The first-order valence-corrected chi connectivity index (χ1v) is 11.3. The van der Waals surface area contributed by atoms with Crippen LogP contribution >= 0.6 is 0 Å². The topological polar surface area (TPSA) is 126 Å². The number of benzene rings is 2. The maximum absolute atomic E-state index is 11.8. The number of carbonyl (C=O) groups excluding carboxylic acids is 1. The molecule has 3 aromatic rings. The summed E-state index contributed by atoms with van der Waals surface area (Å²) in [5.74, 6) is 0.933. The molecule has 0 fully saturated rings. The smallest absolute Gasteiger partial charge is 0.222 e. The van der Waals surface area contributed by atoms with Gasteiger partial charge in [-0.25, -0.2) is 9.97 Å². The second-order valence-corrected chi connectivity index (χ2v) is 8.08. The summed E-state index contributed by atoms with van der Waals surface area (Å²) in [5.41, 5.74) is 1.90. The number of ether oxygens (including phenoxy) is 2. The van der Waals surface area contributed by atoms with E-state index in [2.05, 4.69) is 39.7 Å². The molecule has 9 nitrogen and oxygen atoms in total. The molecule has 0 bridgehead atoms. The standard InChI is InChI=1S/C25H32N4O5/c1-17(18-6-4-3-5-7-18)29-25-22-14-21(8-9-23(22)27-16-28-25)34-15-20(31)12-19(30)13-24(32)26-10-11-33-2/h3-9,14,16-17,19-20,30-31H,10-13,15H2,1-2H3,(H,26,32)(H,27,28,29). The first-order chi connectivity index (χ1) is 16.5. The molecule has 1 heterocycles. The molecule has 9 heteroatoms. The molecule has 0 radical (unpaired) electrons. The number of hydrogen-bond donors (Lipinski definition) is 4. The van der Waals surface area contributed by atoms with Gasteiger partial charge in [0.2, 0.25) is 5.91 Å². The predicted molar refractivity (Wildman–Crippen MR) is 130 cm³/mol. The van der Waals surface area contributed by atoms with Crippen LogP contribution < -0.4 is 15.4 Å². The first-order valence-electron chi connectivity index (χ1n) is 11.3.